The van der Waals surface area contributed by atoms with Crippen molar-refractivity contribution in [3.63, 3.8) is 0 Å². The number of amides is 18. The fraction of sp³-hybridized carbons (Fsp3) is 0.575. The number of nitrogens with zero attached hydrogens (tertiary/aromatic N) is 5. The van der Waals surface area contributed by atoms with Gasteiger partial charge in [0, 0.05) is 77.7 Å². The number of aromatic hydroxyl groups is 1. The van der Waals surface area contributed by atoms with Crippen molar-refractivity contribution < 1.29 is 101 Å². The van der Waals surface area contributed by atoms with Gasteiger partial charge in [0.2, 0.25) is 106 Å². The van der Waals surface area contributed by atoms with E-state index in [1.807, 2.05) is 0 Å². The molecule has 0 aliphatic carbocycles. The van der Waals surface area contributed by atoms with Gasteiger partial charge in [-0.2, -0.15) is 0 Å². The largest absolute Gasteiger partial charge is 0.508 e. The van der Waals surface area contributed by atoms with E-state index >= 15 is 4.79 Å². The van der Waals surface area contributed by atoms with Crippen LogP contribution in [0.25, 0.3) is 0 Å². The van der Waals surface area contributed by atoms with Crippen LogP contribution < -0.4 is 77.4 Å². The Bertz CT molecular complexity index is 3890. The van der Waals surface area contributed by atoms with Gasteiger partial charge in [-0.05, 0) is 132 Å². The first kappa shape index (κ1) is 88.3. The molecular formula is C73H103N19O21. The Hall–Kier alpha value is -11.9. The number of carbonyl (C=O) groups is 19. The van der Waals surface area contributed by atoms with Crippen LogP contribution in [0.4, 0.5) is 0 Å². The van der Waals surface area contributed by atoms with E-state index in [9.17, 15) is 96.5 Å². The molecule has 18 amide bonds. The van der Waals surface area contributed by atoms with Gasteiger partial charge in [-0.25, -0.2) is 4.79 Å². The molecule has 0 aromatic heterocycles. The van der Waals surface area contributed by atoms with E-state index in [1.165, 1.54) is 29.2 Å². The summed E-state index contributed by atoms with van der Waals surface area (Å²) in [6.45, 7) is -0.175. The summed E-state index contributed by atoms with van der Waals surface area (Å²) in [5.41, 5.74) is 40.4. The van der Waals surface area contributed by atoms with Crippen molar-refractivity contribution in [3.8, 4) is 5.75 Å². The Kier molecular flexibility index (Phi) is 32.8. The summed E-state index contributed by atoms with van der Waals surface area (Å²) < 4.78 is 0. The van der Waals surface area contributed by atoms with Crippen LogP contribution in [0.1, 0.15) is 152 Å². The Morgan fingerprint density at radius 1 is 0.327 bits per heavy atom. The molecule has 40 heteroatoms. The van der Waals surface area contributed by atoms with E-state index in [0.29, 0.717) is 18.4 Å². The predicted octanol–water partition coefficient (Wildman–Crippen LogP) is -6.47. The minimum absolute atomic E-state index is 0.00262. The molecule has 5 heterocycles. The molecule has 5 saturated heterocycles. The van der Waals surface area contributed by atoms with Gasteiger partial charge in [-0.15, -0.1) is 0 Å². The first-order chi connectivity index (χ1) is 53.6. The number of rotatable bonds is 42. The number of nitrogens with two attached hydrogens (primary N) is 7. The molecule has 7 rings (SSSR count). The van der Waals surface area contributed by atoms with Crippen molar-refractivity contribution in [2.75, 3.05) is 32.7 Å². The van der Waals surface area contributed by atoms with Crippen LogP contribution in [0.2, 0.25) is 0 Å². The van der Waals surface area contributed by atoms with Crippen LogP contribution in [-0.2, 0) is 104 Å². The number of hydrogen-bond acceptors (Lipinski definition) is 21. The Morgan fingerprint density at radius 2 is 0.584 bits per heavy atom. The lowest BCUT2D eigenvalue weighted by Crippen LogP contribution is -2.60. The number of hydrogen-bond donors (Lipinski definition) is 16. The third-order valence-corrected chi connectivity index (χ3v) is 20.6. The lowest BCUT2D eigenvalue weighted by molar-refractivity contribution is -0.149. The van der Waals surface area contributed by atoms with Gasteiger partial charge in [0.25, 0.3) is 0 Å². The van der Waals surface area contributed by atoms with Gasteiger partial charge < -0.3 is 112 Å². The van der Waals surface area contributed by atoms with E-state index < -0.39 is 255 Å². The maximum absolute atomic E-state index is 15.0. The SMILES string of the molecule is NC(=O)CC[C@H](NC(=O)[C@@H]1CCCN1C(=O)[C@H](CCC(N)=O)NC(=O)[C@H](CCC(N)=O)NC(=O)[C@@H]1CCCN1C(=O)[C@@H](N)Cc1ccccc1)C(=O)N[C@@H](CCC(N)=O)C(=O)N1CCC[C@H]1C(=O)N[C@@H](Cc1ccc(O)cc1)C(=O)N1CCC[C@H]1C(=O)N[C@@H](CCC(N)=O)C(=O)N[C@@H](CCC(N)=O)C(=O)N1CCC[C@H]1C(=O)O. The molecular weight excluding hydrogens is 1480 g/mol. The lowest BCUT2D eigenvalue weighted by Gasteiger charge is -2.33. The summed E-state index contributed by atoms with van der Waals surface area (Å²) >= 11 is 0. The minimum Gasteiger partial charge on any atom is -0.508 e. The zero-order chi connectivity index (χ0) is 82.9. The van der Waals surface area contributed by atoms with Crippen molar-refractivity contribution in [1.82, 2.24) is 61.7 Å². The normalized spacial score (nSPS) is 20.0. The van der Waals surface area contributed by atoms with Gasteiger partial charge in [0.05, 0.1) is 6.04 Å². The quantitative estimate of drug-likeness (QED) is 0.0294. The second-order valence-electron chi connectivity index (χ2n) is 28.9. The van der Waals surface area contributed by atoms with E-state index in [-0.39, 0.29) is 116 Å². The topological polar surface area (TPSA) is 647 Å². The molecule has 0 radical (unpaired) electrons. The number of aliphatic carboxylic acids is 1. The molecule has 0 spiro atoms. The number of phenols is 1. The smallest absolute Gasteiger partial charge is 0.326 e. The van der Waals surface area contributed by atoms with E-state index in [4.69, 9.17) is 40.1 Å². The molecule has 2 aromatic rings. The van der Waals surface area contributed by atoms with Crippen molar-refractivity contribution in [2.45, 2.75) is 233 Å². The van der Waals surface area contributed by atoms with E-state index in [0.717, 1.165) is 25.2 Å². The average molecular weight is 1580 g/mol. The summed E-state index contributed by atoms with van der Waals surface area (Å²) in [4.78, 5) is 264. The Morgan fingerprint density at radius 3 is 0.885 bits per heavy atom. The monoisotopic (exact) mass is 1580 g/mol. The number of carboxylic acids is 1. The van der Waals surface area contributed by atoms with Gasteiger partial charge in [-0.3, -0.25) is 86.3 Å². The van der Waals surface area contributed by atoms with E-state index in [1.54, 1.807) is 30.3 Å². The molecule has 0 bridgehead atoms. The number of phenolic OH excluding ortho intramolecular Hbond substituents is 1. The second kappa shape index (κ2) is 42.0. The van der Waals surface area contributed by atoms with Crippen molar-refractivity contribution >= 4 is 112 Å². The first-order valence-corrected chi connectivity index (χ1v) is 37.8. The standard InChI is InChI=1S/C73H103N19O21/c74-42(37-39-9-2-1-3-10-39)68(107)88-32-4-11-50(88)64(103)81-43(20-26-55(75)94)61(100)84-46(23-29-58(78)97)69(108)89-33-5-12-51(89)65(104)82-44(21-27-56(76)95)62(101)85-47(24-30-59(79)98)70(109)90-34-6-14-53(90)67(106)87-49(38-40-16-18-41(93)19-17-40)72(111)91-35-7-13-52(91)66(105)83-45(22-28-57(77)96)63(102)86-48(25-31-60(80)99)71(110)92-36-8-15-54(92)73(112)113/h1-3,9-10,16-19,42-54,93H,4-8,11-15,20-38,74H2,(H2,75,94)(H2,76,95)(H2,77,96)(H2,78,97)(H2,79,98)(H2,80,99)(H,81,103)(H,82,104)(H,83,105)(H,84,100)(H,85,101)(H,86,102)(H,87,106)(H,112,113)/t42-,43-,44-,45-,46-,47-,48-,49-,50-,51-,52-,53-,54-/m0/s1. The molecule has 616 valence electrons. The second-order valence-corrected chi connectivity index (χ2v) is 28.9. The van der Waals surface area contributed by atoms with Crippen molar-refractivity contribution in [3.05, 3.63) is 65.7 Å². The zero-order valence-corrected chi connectivity index (χ0v) is 62.6. The number of carbonyl (C=O) groups excluding carboxylic acids is 18. The summed E-state index contributed by atoms with van der Waals surface area (Å²) in [5.74, 6) is -17.7. The molecule has 5 aliphatic rings. The first-order valence-electron chi connectivity index (χ1n) is 37.8. The highest BCUT2D eigenvalue weighted by atomic mass is 16.4. The van der Waals surface area contributed by atoms with Crippen LogP contribution in [0, 0.1) is 0 Å². The highest BCUT2D eigenvalue weighted by Crippen LogP contribution is 2.27. The number of benzene rings is 2. The number of primary amides is 6. The molecule has 5 aliphatic heterocycles. The van der Waals surface area contributed by atoms with Gasteiger partial charge in [0.1, 0.15) is 78.3 Å². The molecule has 23 N–H and O–H groups in total. The van der Waals surface area contributed by atoms with Crippen LogP contribution >= 0.6 is 0 Å². The maximum atomic E-state index is 15.0. The van der Waals surface area contributed by atoms with E-state index in [2.05, 4.69) is 37.2 Å². The van der Waals surface area contributed by atoms with Crippen molar-refractivity contribution in [2.24, 2.45) is 40.1 Å². The average Bonchev–Trinajstić information content (AvgIpc) is 1.73. The lowest BCUT2D eigenvalue weighted by atomic mass is 10.0. The summed E-state index contributed by atoms with van der Waals surface area (Å²) in [5, 5.41) is 37.9. The summed E-state index contributed by atoms with van der Waals surface area (Å²) in [6, 6.07) is -4.32. The summed E-state index contributed by atoms with van der Waals surface area (Å²) in [7, 11) is 0. The third-order valence-electron chi connectivity index (χ3n) is 20.6. The highest BCUT2D eigenvalue weighted by molar-refractivity contribution is 6.01. The van der Waals surface area contributed by atoms with Crippen LogP contribution in [0.15, 0.2) is 54.6 Å². The Balaban J connectivity index is 1.06. The molecule has 0 unspecified atom stereocenters. The van der Waals surface area contributed by atoms with Crippen LogP contribution in [0.3, 0.4) is 0 Å². The van der Waals surface area contributed by atoms with Gasteiger partial charge in [-0.1, -0.05) is 42.5 Å². The van der Waals surface area contributed by atoms with Crippen LogP contribution in [0.5, 0.6) is 5.75 Å². The Labute approximate surface area is 649 Å². The molecule has 40 nitrogen and oxygen atoms in total. The zero-order valence-electron chi connectivity index (χ0n) is 62.6. The van der Waals surface area contributed by atoms with Gasteiger partial charge in [0.15, 0.2) is 0 Å². The van der Waals surface area contributed by atoms with Crippen molar-refractivity contribution in [1.29, 1.82) is 0 Å². The highest BCUT2D eigenvalue weighted by Gasteiger charge is 2.46. The summed E-state index contributed by atoms with van der Waals surface area (Å²) in [6.07, 6.45) is -4.22. The minimum atomic E-state index is -1.72. The van der Waals surface area contributed by atoms with Gasteiger partial charge >= 0.3 is 5.97 Å². The fourth-order valence-electron chi connectivity index (χ4n) is 14.7. The predicted molar refractivity (Wildman–Crippen MR) is 395 cm³/mol. The number of carboxylic acid groups (broad SMARTS) is 1. The maximum Gasteiger partial charge on any atom is 0.326 e. The number of likely N-dealkylation sites (tertiary alicyclic amines) is 5. The fourth-order valence-corrected chi connectivity index (χ4v) is 14.7. The molecule has 13 atom stereocenters. The number of nitrogens with one attached hydrogen (secondary N) is 7. The third kappa shape index (κ3) is 25.6. The molecule has 2 aromatic carbocycles. The molecule has 113 heavy (non-hydrogen) atoms. The molecule has 5 fully saturated rings. The molecule has 0 saturated carbocycles. The van der Waals surface area contributed by atoms with Crippen LogP contribution in [-0.4, -0.2) is 258 Å².